The maximum absolute atomic E-state index is 12.8. The molecule has 1 aliphatic rings. The van der Waals surface area contributed by atoms with Crippen molar-refractivity contribution in [2.24, 2.45) is 5.73 Å². The molecule has 1 aromatic carbocycles. The number of primary amides is 1. The first-order chi connectivity index (χ1) is 10.5. The minimum atomic E-state index is -0.337. The van der Waals surface area contributed by atoms with E-state index < -0.39 is 0 Å². The van der Waals surface area contributed by atoms with Gasteiger partial charge in [-0.3, -0.25) is 14.5 Å². The van der Waals surface area contributed by atoms with Crippen molar-refractivity contribution in [2.45, 2.75) is 25.8 Å². The molecule has 0 spiro atoms. The second-order valence-electron chi connectivity index (χ2n) is 5.62. The summed E-state index contributed by atoms with van der Waals surface area (Å²) in [5.74, 6) is -0.512. The molecule has 120 valence electrons. The summed E-state index contributed by atoms with van der Waals surface area (Å²) >= 11 is 0. The Kier molecular flexibility index (Phi) is 5.49. The van der Waals surface area contributed by atoms with Crippen molar-refractivity contribution in [1.29, 1.82) is 0 Å². The van der Waals surface area contributed by atoms with E-state index in [1.807, 2.05) is 9.80 Å². The van der Waals surface area contributed by atoms with Gasteiger partial charge in [-0.15, -0.1) is 0 Å². The molecule has 1 fully saturated rings. The number of nitrogens with two attached hydrogens (primary N) is 1. The number of carbonyl (C=O) groups is 2. The second kappa shape index (κ2) is 7.35. The van der Waals surface area contributed by atoms with Crippen LogP contribution in [0.4, 0.5) is 4.39 Å². The van der Waals surface area contributed by atoms with Crippen molar-refractivity contribution in [3.8, 4) is 0 Å². The van der Waals surface area contributed by atoms with Crippen molar-refractivity contribution < 1.29 is 14.0 Å². The summed E-state index contributed by atoms with van der Waals surface area (Å²) in [6.07, 6.45) is 1.02. The van der Waals surface area contributed by atoms with Crippen LogP contribution in [0.2, 0.25) is 0 Å². The number of nitrogens with zero attached hydrogens (tertiary/aromatic N) is 2. The Morgan fingerprint density at radius 1 is 1.18 bits per heavy atom. The standard InChI is InChI=1S/C16H22FN3O2/c1-12(16(18)22)19-8-10-20(11-9-19)15(21)7-4-13-2-5-14(17)6-3-13/h2-3,5-6,12H,4,7-11H2,1H3,(H2,18,22). The molecule has 1 atom stereocenters. The molecule has 0 aliphatic carbocycles. The van der Waals surface area contributed by atoms with Crippen molar-refractivity contribution >= 4 is 11.8 Å². The third-order valence-electron chi connectivity index (χ3n) is 4.17. The van der Waals surface area contributed by atoms with E-state index in [0.717, 1.165) is 5.56 Å². The highest BCUT2D eigenvalue weighted by Gasteiger charge is 2.25. The Morgan fingerprint density at radius 3 is 2.32 bits per heavy atom. The summed E-state index contributed by atoms with van der Waals surface area (Å²) in [6.45, 7) is 4.33. The van der Waals surface area contributed by atoms with E-state index in [0.29, 0.717) is 39.0 Å². The van der Waals surface area contributed by atoms with E-state index in [4.69, 9.17) is 5.73 Å². The molecule has 6 heteroatoms. The summed E-state index contributed by atoms with van der Waals surface area (Å²) in [5.41, 5.74) is 6.25. The molecule has 1 heterocycles. The summed E-state index contributed by atoms with van der Waals surface area (Å²) in [5, 5.41) is 0. The zero-order valence-corrected chi connectivity index (χ0v) is 12.8. The lowest BCUT2D eigenvalue weighted by atomic mass is 10.1. The number of halogens is 1. The first-order valence-electron chi connectivity index (χ1n) is 7.53. The fourth-order valence-corrected chi connectivity index (χ4v) is 2.60. The topological polar surface area (TPSA) is 66.6 Å². The van der Waals surface area contributed by atoms with E-state index in [1.54, 1.807) is 19.1 Å². The van der Waals surface area contributed by atoms with Crippen LogP contribution >= 0.6 is 0 Å². The molecule has 1 aromatic rings. The van der Waals surface area contributed by atoms with Gasteiger partial charge in [0.05, 0.1) is 6.04 Å². The average Bonchev–Trinajstić information content (AvgIpc) is 2.53. The molecule has 1 saturated heterocycles. The first kappa shape index (κ1) is 16.4. The Labute approximate surface area is 129 Å². The van der Waals surface area contributed by atoms with Gasteiger partial charge < -0.3 is 10.6 Å². The Morgan fingerprint density at radius 2 is 1.77 bits per heavy atom. The number of hydrogen-bond donors (Lipinski definition) is 1. The SMILES string of the molecule is CC(C(N)=O)N1CCN(C(=O)CCc2ccc(F)cc2)CC1. The maximum Gasteiger partial charge on any atom is 0.234 e. The van der Waals surface area contributed by atoms with Crippen LogP contribution in [0.5, 0.6) is 0 Å². The lowest BCUT2D eigenvalue weighted by Gasteiger charge is -2.37. The molecule has 0 bridgehead atoms. The molecule has 0 radical (unpaired) electrons. The third kappa shape index (κ3) is 4.27. The molecule has 1 unspecified atom stereocenters. The van der Waals surface area contributed by atoms with E-state index in [1.165, 1.54) is 12.1 Å². The fraction of sp³-hybridized carbons (Fsp3) is 0.500. The van der Waals surface area contributed by atoms with E-state index in [9.17, 15) is 14.0 Å². The van der Waals surface area contributed by atoms with E-state index in [-0.39, 0.29) is 23.7 Å². The van der Waals surface area contributed by atoms with Crippen molar-refractivity contribution in [3.05, 3.63) is 35.6 Å². The normalized spacial score (nSPS) is 17.3. The molecule has 5 nitrogen and oxygen atoms in total. The smallest absolute Gasteiger partial charge is 0.234 e. The van der Waals surface area contributed by atoms with E-state index >= 15 is 0 Å². The Hall–Kier alpha value is -1.95. The van der Waals surface area contributed by atoms with Crippen LogP contribution in [0.3, 0.4) is 0 Å². The van der Waals surface area contributed by atoms with Gasteiger partial charge in [-0.1, -0.05) is 12.1 Å². The molecule has 22 heavy (non-hydrogen) atoms. The highest BCUT2D eigenvalue weighted by molar-refractivity contribution is 5.79. The van der Waals surface area contributed by atoms with E-state index in [2.05, 4.69) is 0 Å². The van der Waals surface area contributed by atoms with Gasteiger partial charge in [-0.05, 0) is 31.0 Å². The van der Waals surface area contributed by atoms with Gasteiger partial charge >= 0.3 is 0 Å². The lowest BCUT2D eigenvalue weighted by molar-refractivity contribution is -0.133. The number of benzene rings is 1. The third-order valence-corrected chi connectivity index (χ3v) is 4.17. The molecule has 1 aliphatic heterocycles. The molecule has 2 N–H and O–H groups in total. The van der Waals surface area contributed by atoms with Crippen molar-refractivity contribution in [3.63, 3.8) is 0 Å². The summed E-state index contributed by atoms with van der Waals surface area (Å²) in [6, 6.07) is 5.93. The van der Waals surface area contributed by atoms with Crippen LogP contribution in [-0.2, 0) is 16.0 Å². The van der Waals surface area contributed by atoms with Crippen LogP contribution in [0, 0.1) is 5.82 Å². The zero-order chi connectivity index (χ0) is 16.1. The average molecular weight is 307 g/mol. The Bertz CT molecular complexity index is 525. The van der Waals surface area contributed by atoms with Crippen LogP contribution < -0.4 is 5.73 Å². The zero-order valence-electron chi connectivity index (χ0n) is 12.8. The molecular weight excluding hydrogens is 285 g/mol. The van der Waals surface area contributed by atoms with Gasteiger partial charge in [0.2, 0.25) is 11.8 Å². The quantitative estimate of drug-likeness (QED) is 0.874. The lowest BCUT2D eigenvalue weighted by Crippen LogP contribution is -2.54. The molecule has 2 amide bonds. The number of aryl methyl sites for hydroxylation is 1. The highest BCUT2D eigenvalue weighted by atomic mass is 19.1. The first-order valence-corrected chi connectivity index (χ1v) is 7.53. The monoisotopic (exact) mass is 307 g/mol. The second-order valence-corrected chi connectivity index (χ2v) is 5.62. The van der Waals surface area contributed by atoms with Crippen LogP contribution in [0.25, 0.3) is 0 Å². The molecule has 0 aromatic heterocycles. The number of piperazine rings is 1. The van der Waals surface area contributed by atoms with Gasteiger partial charge in [0.1, 0.15) is 5.82 Å². The summed E-state index contributed by atoms with van der Waals surface area (Å²) in [7, 11) is 0. The van der Waals surface area contributed by atoms with Gasteiger partial charge in [0.25, 0.3) is 0 Å². The minimum absolute atomic E-state index is 0.0932. The van der Waals surface area contributed by atoms with Gasteiger partial charge in [-0.2, -0.15) is 0 Å². The largest absolute Gasteiger partial charge is 0.368 e. The fourth-order valence-electron chi connectivity index (χ4n) is 2.60. The minimum Gasteiger partial charge on any atom is -0.368 e. The number of amides is 2. The van der Waals surface area contributed by atoms with Crippen molar-refractivity contribution in [1.82, 2.24) is 9.80 Å². The van der Waals surface area contributed by atoms with Crippen molar-refractivity contribution in [2.75, 3.05) is 26.2 Å². The predicted octanol–water partition coefficient (Wildman–Crippen LogP) is 0.776. The van der Waals surface area contributed by atoms with Gasteiger partial charge in [0.15, 0.2) is 0 Å². The van der Waals surface area contributed by atoms with Crippen LogP contribution in [-0.4, -0.2) is 53.8 Å². The molecule has 0 saturated carbocycles. The maximum atomic E-state index is 12.8. The number of carbonyl (C=O) groups excluding carboxylic acids is 2. The summed E-state index contributed by atoms with van der Waals surface area (Å²) < 4.78 is 12.8. The van der Waals surface area contributed by atoms with Crippen LogP contribution in [0.1, 0.15) is 18.9 Å². The number of rotatable bonds is 5. The summed E-state index contributed by atoms with van der Waals surface area (Å²) in [4.78, 5) is 27.2. The number of hydrogen-bond acceptors (Lipinski definition) is 3. The molecule has 2 rings (SSSR count). The predicted molar refractivity (Wildman–Crippen MR) is 81.5 cm³/mol. The van der Waals surface area contributed by atoms with Crippen LogP contribution in [0.15, 0.2) is 24.3 Å². The van der Waals surface area contributed by atoms with Gasteiger partial charge in [0, 0.05) is 32.6 Å². The Balaban J connectivity index is 1.77. The highest BCUT2D eigenvalue weighted by Crippen LogP contribution is 2.10. The molecular formula is C16H22FN3O2. The van der Waals surface area contributed by atoms with Gasteiger partial charge in [-0.25, -0.2) is 4.39 Å².